The van der Waals surface area contributed by atoms with Gasteiger partial charge in [0, 0.05) is 31.4 Å². The van der Waals surface area contributed by atoms with Crippen molar-refractivity contribution in [2.24, 2.45) is 11.7 Å². The third-order valence-electron chi connectivity index (χ3n) is 5.36. The molecule has 0 amide bonds. The van der Waals surface area contributed by atoms with Crippen LogP contribution in [0.2, 0.25) is 0 Å². The highest BCUT2D eigenvalue weighted by atomic mass is 16.5. The molecule has 0 spiro atoms. The van der Waals surface area contributed by atoms with Gasteiger partial charge in [0.15, 0.2) is 0 Å². The zero-order valence-electron chi connectivity index (χ0n) is 15.4. The Kier molecular flexibility index (Phi) is 5.82. The van der Waals surface area contributed by atoms with Gasteiger partial charge in [-0.15, -0.1) is 0 Å². The third kappa shape index (κ3) is 4.65. The van der Waals surface area contributed by atoms with Crippen LogP contribution in [0.15, 0.2) is 18.2 Å². The van der Waals surface area contributed by atoms with Crippen LogP contribution in [0.5, 0.6) is 0 Å². The molecule has 5 nitrogen and oxygen atoms in total. The van der Waals surface area contributed by atoms with E-state index in [0.29, 0.717) is 12.0 Å². The maximum Gasteiger partial charge on any atom is 0.101 e. The SMILES string of the molecule is C[C@@H]1CN(c2ccc(NCC3CCC(N)CC3)cc2C#N)C[C@@H](C)O1. The molecule has 2 fully saturated rings. The molecular weight excluding hydrogens is 312 g/mol. The smallest absolute Gasteiger partial charge is 0.101 e. The number of hydrogen-bond donors (Lipinski definition) is 2. The number of rotatable bonds is 4. The summed E-state index contributed by atoms with van der Waals surface area (Å²) < 4.78 is 5.80. The molecule has 1 aliphatic heterocycles. The minimum atomic E-state index is 0.186. The molecule has 5 heteroatoms. The Bertz CT molecular complexity index is 609. The minimum absolute atomic E-state index is 0.186. The first kappa shape index (κ1) is 18.0. The molecule has 0 aromatic heterocycles. The Morgan fingerprint density at radius 3 is 2.52 bits per heavy atom. The van der Waals surface area contributed by atoms with Crippen LogP contribution in [0, 0.1) is 17.2 Å². The number of nitriles is 1. The van der Waals surface area contributed by atoms with E-state index in [1.807, 2.05) is 6.07 Å². The first-order valence-corrected chi connectivity index (χ1v) is 9.49. The maximum atomic E-state index is 9.60. The van der Waals surface area contributed by atoms with Gasteiger partial charge in [-0.25, -0.2) is 0 Å². The van der Waals surface area contributed by atoms with E-state index in [0.717, 1.165) is 49.4 Å². The zero-order valence-corrected chi connectivity index (χ0v) is 15.4. The number of hydrogen-bond acceptors (Lipinski definition) is 5. The van der Waals surface area contributed by atoms with Crippen LogP contribution in [0.3, 0.4) is 0 Å². The Balaban J connectivity index is 1.64. The molecule has 1 heterocycles. The molecule has 0 radical (unpaired) electrons. The van der Waals surface area contributed by atoms with Crippen LogP contribution >= 0.6 is 0 Å². The van der Waals surface area contributed by atoms with Crippen molar-refractivity contribution in [2.45, 2.75) is 57.8 Å². The second-order valence-electron chi connectivity index (χ2n) is 7.67. The second-order valence-corrected chi connectivity index (χ2v) is 7.67. The molecule has 1 saturated carbocycles. The van der Waals surface area contributed by atoms with Gasteiger partial charge in [0.1, 0.15) is 6.07 Å². The van der Waals surface area contributed by atoms with Crippen LogP contribution in [-0.4, -0.2) is 37.9 Å². The average molecular weight is 342 g/mol. The van der Waals surface area contributed by atoms with Crippen molar-refractivity contribution in [1.29, 1.82) is 5.26 Å². The zero-order chi connectivity index (χ0) is 17.8. The van der Waals surface area contributed by atoms with E-state index < -0.39 is 0 Å². The summed E-state index contributed by atoms with van der Waals surface area (Å²) in [5.74, 6) is 0.686. The van der Waals surface area contributed by atoms with Crippen LogP contribution in [-0.2, 0) is 4.74 Å². The first-order valence-electron chi connectivity index (χ1n) is 9.49. The van der Waals surface area contributed by atoms with Gasteiger partial charge in [-0.2, -0.15) is 5.26 Å². The predicted molar refractivity (Wildman–Crippen MR) is 102 cm³/mol. The molecule has 1 saturated heterocycles. The van der Waals surface area contributed by atoms with E-state index in [2.05, 4.69) is 42.3 Å². The highest BCUT2D eigenvalue weighted by Crippen LogP contribution is 2.28. The second kappa shape index (κ2) is 8.07. The fourth-order valence-corrected chi connectivity index (χ4v) is 4.04. The standard InChI is InChI=1S/C20H30N4O/c1-14-12-24(13-15(2)25-14)20-8-7-19(9-17(20)10-21)23-11-16-3-5-18(22)6-4-16/h7-9,14-16,18,23H,3-6,11-13,22H2,1-2H3/t14-,15-,16?,18?/m1/s1. The van der Waals surface area contributed by atoms with E-state index in [-0.39, 0.29) is 12.2 Å². The Labute approximate surface area is 151 Å². The van der Waals surface area contributed by atoms with Gasteiger partial charge < -0.3 is 20.7 Å². The summed E-state index contributed by atoms with van der Waals surface area (Å²) in [5.41, 5.74) is 8.76. The summed E-state index contributed by atoms with van der Waals surface area (Å²) in [6, 6.07) is 8.90. The number of nitrogens with zero attached hydrogens (tertiary/aromatic N) is 2. The lowest BCUT2D eigenvalue weighted by Gasteiger charge is -2.37. The number of ether oxygens (including phenoxy) is 1. The normalized spacial score (nSPS) is 29.9. The van der Waals surface area contributed by atoms with Crippen LogP contribution in [0.25, 0.3) is 0 Å². The minimum Gasteiger partial charge on any atom is -0.385 e. The summed E-state index contributed by atoms with van der Waals surface area (Å²) >= 11 is 0. The first-order chi connectivity index (χ1) is 12.0. The molecule has 25 heavy (non-hydrogen) atoms. The Morgan fingerprint density at radius 2 is 1.88 bits per heavy atom. The van der Waals surface area contributed by atoms with Crippen molar-refractivity contribution in [3.05, 3.63) is 23.8 Å². The van der Waals surface area contributed by atoms with Crippen molar-refractivity contribution >= 4 is 11.4 Å². The quantitative estimate of drug-likeness (QED) is 0.879. The maximum absolute atomic E-state index is 9.60. The van der Waals surface area contributed by atoms with Crippen molar-refractivity contribution in [3.63, 3.8) is 0 Å². The molecule has 1 aliphatic carbocycles. The monoisotopic (exact) mass is 342 g/mol. The highest BCUT2D eigenvalue weighted by molar-refractivity contribution is 5.65. The van der Waals surface area contributed by atoms with Crippen LogP contribution in [0.1, 0.15) is 45.1 Å². The van der Waals surface area contributed by atoms with Gasteiger partial charge in [0.05, 0.1) is 23.5 Å². The molecule has 136 valence electrons. The van der Waals surface area contributed by atoms with Crippen molar-refractivity contribution in [1.82, 2.24) is 0 Å². The van der Waals surface area contributed by atoms with Gasteiger partial charge in [-0.05, 0) is 63.6 Å². The van der Waals surface area contributed by atoms with E-state index in [9.17, 15) is 5.26 Å². The van der Waals surface area contributed by atoms with Crippen molar-refractivity contribution < 1.29 is 4.74 Å². The summed E-state index contributed by atoms with van der Waals surface area (Å²) in [6.07, 6.45) is 5.02. The lowest BCUT2D eigenvalue weighted by Crippen LogP contribution is -2.45. The van der Waals surface area contributed by atoms with E-state index in [1.165, 1.54) is 12.8 Å². The molecule has 0 unspecified atom stereocenters. The summed E-state index contributed by atoms with van der Waals surface area (Å²) in [4.78, 5) is 2.27. The molecule has 2 atom stereocenters. The summed E-state index contributed by atoms with van der Waals surface area (Å²) in [7, 11) is 0. The average Bonchev–Trinajstić information content (AvgIpc) is 2.60. The summed E-state index contributed by atoms with van der Waals surface area (Å²) in [6.45, 7) is 6.78. The molecule has 2 aliphatic rings. The van der Waals surface area contributed by atoms with Crippen LogP contribution < -0.4 is 16.0 Å². The number of anilines is 2. The van der Waals surface area contributed by atoms with E-state index in [1.54, 1.807) is 0 Å². The van der Waals surface area contributed by atoms with Gasteiger partial charge in [0.25, 0.3) is 0 Å². The van der Waals surface area contributed by atoms with Gasteiger partial charge in [0.2, 0.25) is 0 Å². The molecule has 3 rings (SSSR count). The van der Waals surface area contributed by atoms with E-state index in [4.69, 9.17) is 10.5 Å². The summed E-state index contributed by atoms with van der Waals surface area (Å²) in [5, 5.41) is 13.1. The van der Waals surface area contributed by atoms with Crippen LogP contribution in [0.4, 0.5) is 11.4 Å². The fraction of sp³-hybridized carbons (Fsp3) is 0.650. The highest BCUT2D eigenvalue weighted by Gasteiger charge is 2.24. The third-order valence-corrected chi connectivity index (χ3v) is 5.36. The van der Waals surface area contributed by atoms with E-state index >= 15 is 0 Å². The lowest BCUT2D eigenvalue weighted by atomic mass is 9.86. The molecular formula is C20H30N4O. The van der Waals surface area contributed by atoms with Gasteiger partial charge >= 0.3 is 0 Å². The van der Waals surface area contributed by atoms with Crippen molar-refractivity contribution in [3.8, 4) is 6.07 Å². The van der Waals surface area contributed by atoms with Gasteiger partial charge in [-0.1, -0.05) is 0 Å². The lowest BCUT2D eigenvalue weighted by molar-refractivity contribution is -0.00522. The number of nitrogens with one attached hydrogen (secondary N) is 1. The fourth-order valence-electron chi connectivity index (χ4n) is 4.04. The number of morpholine rings is 1. The Hall–Kier alpha value is -1.77. The molecule has 0 bridgehead atoms. The largest absolute Gasteiger partial charge is 0.385 e. The number of benzene rings is 1. The number of nitrogens with two attached hydrogens (primary N) is 1. The molecule has 3 N–H and O–H groups in total. The topological polar surface area (TPSA) is 74.3 Å². The molecule has 1 aromatic carbocycles. The van der Waals surface area contributed by atoms with Gasteiger partial charge in [-0.3, -0.25) is 0 Å². The Morgan fingerprint density at radius 1 is 1.20 bits per heavy atom. The van der Waals surface area contributed by atoms with Crippen molar-refractivity contribution in [2.75, 3.05) is 29.9 Å². The molecule has 1 aromatic rings. The predicted octanol–water partition coefficient (Wildman–Crippen LogP) is 3.10.